The van der Waals surface area contributed by atoms with Gasteiger partial charge in [0.25, 0.3) is 0 Å². The van der Waals surface area contributed by atoms with E-state index in [2.05, 4.69) is 10.3 Å². The Kier molecular flexibility index (Phi) is 5.83. The first-order valence-electron chi connectivity index (χ1n) is 9.55. The third kappa shape index (κ3) is 4.50. The van der Waals surface area contributed by atoms with Crippen molar-refractivity contribution in [2.45, 2.75) is 25.9 Å². The Balaban J connectivity index is 1.51. The fourth-order valence-corrected chi connectivity index (χ4v) is 6.78. The van der Waals surface area contributed by atoms with Crippen LogP contribution in [0.1, 0.15) is 11.1 Å². The molecule has 2 atom stereocenters. The van der Waals surface area contributed by atoms with E-state index >= 15 is 0 Å². The highest BCUT2D eigenvalue weighted by atomic mass is 35.5. The fraction of sp³-hybridized carbons (Fsp3) is 0.333. The smallest absolute Gasteiger partial charge is 0.234 e. The summed E-state index contributed by atoms with van der Waals surface area (Å²) in [6.45, 7) is 3.97. The van der Waals surface area contributed by atoms with Gasteiger partial charge in [0.15, 0.2) is 15.0 Å². The Labute approximate surface area is 185 Å². The van der Waals surface area contributed by atoms with Gasteiger partial charge in [0.05, 0.1) is 29.3 Å². The molecule has 1 fully saturated rings. The van der Waals surface area contributed by atoms with Crippen LogP contribution in [0.4, 0.5) is 11.4 Å². The molecular weight excluding hydrogens is 442 g/mol. The minimum Gasteiger partial charge on any atom is -0.325 e. The Hall–Kier alpha value is -2.03. The lowest BCUT2D eigenvalue weighted by Crippen LogP contribution is -2.39. The van der Waals surface area contributed by atoms with Gasteiger partial charge in [0.2, 0.25) is 5.91 Å². The number of thioether (sulfide) groups is 1. The molecule has 0 radical (unpaired) electrons. The van der Waals surface area contributed by atoms with E-state index < -0.39 is 9.84 Å². The number of carbonyl (C=O) groups is 1. The Morgan fingerprint density at radius 3 is 2.77 bits per heavy atom. The van der Waals surface area contributed by atoms with Crippen LogP contribution in [0.3, 0.4) is 0 Å². The number of aliphatic imine (C=N–C) groups is 1. The van der Waals surface area contributed by atoms with E-state index in [-0.39, 0.29) is 35.2 Å². The predicted octanol–water partition coefficient (Wildman–Crippen LogP) is 3.67. The number of amides is 1. The SMILES string of the molecule is Cc1ccc(NC(=O)CSC2=NC3CS(=O)(=O)CC3N2c2cccc(Cl)c2)c(C)c1. The van der Waals surface area contributed by atoms with E-state index in [0.717, 1.165) is 22.5 Å². The first-order chi connectivity index (χ1) is 14.2. The molecule has 9 heteroatoms. The van der Waals surface area contributed by atoms with Crippen LogP contribution in [0.15, 0.2) is 47.5 Å². The zero-order valence-electron chi connectivity index (χ0n) is 16.6. The highest BCUT2D eigenvalue weighted by molar-refractivity contribution is 8.14. The summed E-state index contributed by atoms with van der Waals surface area (Å²) in [6, 6.07) is 12.6. The number of carbonyl (C=O) groups excluding carboxylic acids is 1. The van der Waals surface area contributed by atoms with Crippen LogP contribution in [0, 0.1) is 13.8 Å². The lowest BCUT2D eigenvalue weighted by Gasteiger charge is -2.26. The Bertz CT molecular complexity index is 1130. The molecule has 1 amide bonds. The van der Waals surface area contributed by atoms with E-state index in [1.807, 2.05) is 49.1 Å². The first kappa shape index (κ1) is 21.2. The first-order valence-corrected chi connectivity index (χ1v) is 12.7. The van der Waals surface area contributed by atoms with Gasteiger partial charge in [0, 0.05) is 16.4 Å². The maximum Gasteiger partial charge on any atom is 0.234 e. The van der Waals surface area contributed by atoms with Gasteiger partial charge in [0.1, 0.15) is 0 Å². The standard InChI is InChI=1S/C21H22ClN3O3S2/c1-13-6-7-17(14(2)8-13)23-20(26)10-29-21-24-18-11-30(27,28)12-19(18)25(21)16-5-3-4-15(22)9-16/h3-9,18-19H,10-12H2,1-2H3,(H,23,26). The average molecular weight is 464 g/mol. The van der Waals surface area contributed by atoms with E-state index in [1.165, 1.54) is 11.8 Å². The summed E-state index contributed by atoms with van der Waals surface area (Å²) in [4.78, 5) is 19.1. The quantitative estimate of drug-likeness (QED) is 0.748. The molecule has 30 heavy (non-hydrogen) atoms. The normalized spacial score (nSPS) is 22.0. The lowest BCUT2D eigenvalue weighted by atomic mass is 10.1. The number of hydrogen-bond donors (Lipinski definition) is 1. The second-order valence-electron chi connectivity index (χ2n) is 7.63. The van der Waals surface area contributed by atoms with Crippen LogP contribution < -0.4 is 10.2 Å². The number of anilines is 2. The molecule has 0 bridgehead atoms. The number of benzene rings is 2. The summed E-state index contributed by atoms with van der Waals surface area (Å²) in [5.41, 5.74) is 3.72. The van der Waals surface area contributed by atoms with Crippen LogP contribution in [-0.4, -0.2) is 48.8 Å². The maximum absolute atomic E-state index is 12.5. The van der Waals surface area contributed by atoms with E-state index in [1.54, 1.807) is 12.1 Å². The third-order valence-electron chi connectivity index (χ3n) is 5.18. The molecule has 0 aliphatic carbocycles. The molecule has 2 heterocycles. The van der Waals surface area contributed by atoms with Crippen molar-refractivity contribution in [2.75, 3.05) is 27.5 Å². The molecule has 0 aromatic heterocycles. The molecule has 0 saturated carbocycles. The van der Waals surface area contributed by atoms with Crippen molar-refractivity contribution in [1.82, 2.24) is 0 Å². The summed E-state index contributed by atoms with van der Waals surface area (Å²) in [6.07, 6.45) is 0. The highest BCUT2D eigenvalue weighted by Gasteiger charge is 2.47. The predicted molar refractivity (Wildman–Crippen MR) is 125 cm³/mol. The average Bonchev–Trinajstić information content (AvgIpc) is 3.13. The molecule has 4 rings (SSSR count). The molecule has 6 nitrogen and oxygen atoms in total. The number of nitrogens with one attached hydrogen (secondary N) is 1. The lowest BCUT2D eigenvalue weighted by molar-refractivity contribution is -0.113. The topological polar surface area (TPSA) is 78.8 Å². The van der Waals surface area contributed by atoms with Crippen molar-refractivity contribution >= 4 is 55.6 Å². The molecule has 2 aliphatic rings. The molecule has 2 aromatic carbocycles. The summed E-state index contributed by atoms with van der Waals surface area (Å²) in [7, 11) is -3.13. The van der Waals surface area contributed by atoms with Gasteiger partial charge in [-0.2, -0.15) is 0 Å². The number of sulfone groups is 1. The van der Waals surface area contributed by atoms with Gasteiger partial charge in [-0.1, -0.05) is 47.1 Å². The molecular formula is C21H22ClN3O3S2. The zero-order chi connectivity index (χ0) is 21.5. The van der Waals surface area contributed by atoms with Crippen LogP contribution in [0.2, 0.25) is 5.02 Å². The van der Waals surface area contributed by atoms with Crippen molar-refractivity contribution in [3.63, 3.8) is 0 Å². The number of aryl methyl sites for hydroxylation is 2. The van der Waals surface area contributed by atoms with E-state index in [0.29, 0.717) is 10.2 Å². The zero-order valence-corrected chi connectivity index (χ0v) is 19.0. The van der Waals surface area contributed by atoms with Crippen LogP contribution in [-0.2, 0) is 14.6 Å². The fourth-order valence-electron chi connectivity index (χ4n) is 3.83. The molecule has 1 saturated heterocycles. The van der Waals surface area contributed by atoms with Gasteiger partial charge in [-0.3, -0.25) is 9.79 Å². The maximum atomic E-state index is 12.5. The highest BCUT2D eigenvalue weighted by Crippen LogP contribution is 2.36. The minimum absolute atomic E-state index is 0.0353. The number of nitrogens with zero attached hydrogens (tertiary/aromatic N) is 2. The number of hydrogen-bond acceptors (Lipinski definition) is 6. The number of fused-ring (bicyclic) bond motifs is 1. The van der Waals surface area contributed by atoms with Crippen LogP contribution in [0.5, 0.6) is 0 Å². The van der Waals surface area contributed by atoms with Crippen molar-refractivity contribution < 1.29 is 13.2 Å². The summed E-state index contributed by atoms with van der Waals surface area (Å²) < 4.78 is 24.3. The van der Waals surface area contributed by atoms with E-state index in [4.69, 9.17) is 11.6 Å². The molecule has 0 spiro atoms. The van der Waals surface area contributed by atoms with Gasteiger partial charge in [-0.25, -0.2) is 8.42 Å². The largest absolute Gasteiger partial charge is 0.325 e. The number of amidine groups is 1. The van der Waals surface area contributed by atoms with E-state index in [9.17, 15) is 13.2 Å². The molecule has 1 N–H and O–H groups in total. The van der Waals surface area contributed by atoms with Crippen molar-refractivity contribution in [2.24, 2.45) is 4.99 Å². The summed E-state index contributed by atoms with van der Waals surface area (Å²) in [5, 5.41) is 4.15. The third-order valence-corrected chi connectivity index (χ3v) is 8.08. The van der Waals surface area contributed by atoms with Crippen molar-refractivity contribution in [1.29, 1.82) is 0 Å². The van der Waals surface area contributed by atoms with Crippen molar-refractivity contribution in [3.8, 4) is 0 Å². The van der Waals surface area contributed by atoms with Crippen LogP contribution >= 0.6 is 23.4 Å². The Morgan fingerprint density at radius 1 is 1.23 bits per heavy atom. The minimum atomic E-state index is -3.13. The number of halogens is 1. The van der Waals surface area contributed by atoms with Crippen molar-refractivity contribution in [3.05, 3.63) is 58.6 Å². The summed E-state index contributed by atoms with van der Waals surface area (Å²) >= 11 is 7.47. The second-order valence-corrected chi connectivity index (χ2v) is 11.2. The number of rotatable bonds is 4. The van der Waals surface area contributed by atoms with Gasteiger partial charge in [-0.05, 0) is 43.7 Å². The monoisotopic (exact) mass is 463 g/mol. The van der Waals surface area contributed by atoms with Crippen LogP contribution in [0.25, 0.3) is 0 Å². The van der Waals surface area contributed by atoms with Gasteiger partial charge >= 0.3 is 0 Å². The second kappa shape index (κ2) is 8.24. The summed E-state index contributed by atoms with van der Waals surface area (Å²) in [5.74, 6) is 0.125. The molecule has 2 aliphatic heterocycles. The Morgan fingerprint density at radius 2 is 2.03 bits per heavy atom. The van der Waals surface area contributed by atoms with Gasteiger partial charge in [-0.15, -0.1) is 0 Å². The molecule has 2 unspecified atom stereocenters. The molecule has 2 aromatic rings. The van der Waals surface area contributed by atoms with Gasteiger partial charge < -0.3 is 10.2 Å². The molecule has 158 valence electrons.